The molecule has 5 nitrogen and oxygen atoms in total. The summed E-state index contributed by atoms with van der Waals surface area (Å²) in [5.74, 6) is 0.856. The van der Waals surface area contributed by atoms with Crippen molar-refractivity contribution < 1.29 is 14.3 Å². The maximum atomic E-state index is 13.1. The van der Waals surface area contributed by atoms with Crippen LogP contribution in [0, 0.1) is 0 Å². The molecule has 0 aromatic heterocycles. The minimum atomic E-state index is -0.674. The number of carbonyl (C=O) groups is 1. The first-order chi connectivity index (χ1) is 14.6. The van der Waals surface area contributed by atoms with E-state index in [0.29, 0.717) is 19.3 Å². The molecule has 0 radical (unpaired) electrons. The molecule has 2 aliphatic rings. The Labute approximate surface area is 182 Å². The zero-order chi connectivity index (χ0) is 21.2. The molecule has 1 N–H and O–H groups in total. The highest BCUT2D eigenvalue weighted by atomic mass is 16.5. The van der Waals surface area contributed by atoms with E-state index in [1.54, 1.807) is 0 Å². The molecule has 1 heterocycles. The third kappa shape index (κ3) is 6.45. The van der Waals surface area contributed by atoms with Gasteiger partial charge in [-0.15, -0.1) is 0 Å². The first-order valence-electron chi connectivity index (χ1n) is 12.1. The van der Waals surface area contributed by atoms with Gasteiger partial charge in [-0.2, -0.15) is 0 Å². The van der Waals surface area contributed by atoms with Gasteiger partial charge in [0, 0.05) is 24.9 Å². The van der Waals surface area contributed by atoms with Gasteiger partial charge in [-0.05, 0) is 69.8 Å². The van der Waals surface area contributed by atoms with E-state index in [4.69, 9.17) is 9.47 Å². The van der Waals surface area contributed by atoms with Gasteiger partial charge in [-0.25, -0.2) is 0 Å². The molecule has 1 saturated carbocycles. The Balaban J connectivity index is 1.51. The molecule has 1 saturated heterocycles. The predicted octanol–water partition coefficient (Wildman–Crippen LogP) is 5.40. The fraction of sp³-hybridized carbons (Fsp3) is 0.720. The fourth-order valence-electron chi connectivity index (χ4n) is 4.68. The van der Waals surface area contributed by atoms with Gasteiger partial charge >= 0.3 is 0 Å². The first-order valence-corrected chi connectivity index (χ1v) is 12.1. The molecule has 5 heteroatoms. The van der Waals surface area contributed by atoms with Crippen LogP contribution in [0.5, 0.6) is 5.75 Å². The van der Waals surface area contributed by atoms with Crippen molar-refractivity contribution >= 4 is 11.6 Å². The third-order valence-corrected chi connectivity index (χ3v) is 6.61. The van der Waals surface area contributed by atoms with Gasteiger partial charge < -0.3 is 14.8 Å². The van der Waals surface area contributed by atoms with E-state index in [1.807, 2.05) is 24.3 Å². The number of anilines is 1. The van der Waals surface area contributed by atoms with E-state index in [9.17, 15) is 4.79 Å². The van der Waals surface area contributed by atoms with Crippen molar-refractivity contribution in [2.75, 3.05) is 31.6 Å². The summed E-state index contributed by atoms with van der Waals surface area (Å²) in [6, 6.07) is 8.41. The van der Waals surface area contributed by atoms with Gasteiger partial charge in [0.25, 0.3) is 5.91 Å². The van der Waals surface area contributed by atoms with Crippen LogP contribution in [0.3, 0.4) is 0 Å². The number of rotatable bonds is 9. The molecular formula is C25H40N2O3. The van der Waals surface area contributed by atoms with Crippen LogP contribution in [0.1, 0.15) is 78.1 Å². The second-order valence-electron chi connectivity index (χ2n) is 8.96. The van der Waals surface area contributed by atoms with Crippen molar-refractivity contribution in [3.63, 3.8) is 0 Å². The van der Waals surface area contributed by atoms with Crippen molar-refractivity contribution in [3.8, 4) is 5.75 Å². The van der Waals surface area contributed by atoms with Crippen LogP contribution in [0.2, 0.25) is 0 Å². The molecule has 30 heavy (non-hydrogen) atoms. The summed E-state index contributed by atoms with van der Waals surface area (Å²) in [7, 11) is 0. The minimum absolute atomic E-state index is 0.00519. The van der Waals surface area contributed by atoms with E-state index in [2.05, 4.69) is 24.1 Å². The monoisotopic (exact) mass is 416 g/mol. The van der Waals surface area contributed by atoms with E-state index < -0.39 is 5.60 Å². The molecule has 1 aliphatic heterocycles. The first kappa shape index (κ1) is 23.1. The number of piperidine rings is 1. The zero-order valence-corrected chi connectivity index (χ0v) is 19.0. The van der Waals surface area contributed by atoms with Crippen LogP contribution >= 0.6 is 0 Å². The smallest absolute Gasteiger partial charge is 0.256 e. The molecule has 0 spiro atoms. The standard InChI is InChI=1S/C25H40N2O3/c1-3-19-30-25(15-7-4-5-8-16-25)24(28)26-22-11-13-23(14-12-22)29-20-18-27-17-9-6-10-21(27)2/h11-14,21H,3-10,15-20H2,1-2H3,(H,26,28)/t21-/m1/s1. The van der Waals surface area contributed by atoms with Gasteiger partial charge in [0.2, 0.25) is 0 Å². The highest BCUT2D eigenvalue weighted by Crippen LogP contribution is 2.32. The Kier molecular flexibility index (Phi) is 9.01. The summed E-state index contributed by atoms with van der Waals surface area (Å²) >= 11 is 0. The SMILES string of the molecule is CCCOC1(C(=O)Nc2ccc(OCCN3CCCC[C@H]3C)cc2)CCCCCC1. The lowest BCUT2D eigenvalue weighted by Gasteiger charge is -2.33. The lowest BCUT2D eigenvalue weighted by Crippen LogP contribution is -2.45. The zero-order valence-electron chi connectivity index (χ0n) is 19.0. The van der Waals surface area contributed by atoms with Crippen LogP contribution in [0.15, 0.2) is 24.3 Å². The summed E-state index contributed by atoms with van der Waals surface area (Å²) < 4.78 is 12.1. The normalized spacial score (nSPS) is 22.3. The van der Waals surface area contributed by atoms with E-state index in [0.717, 1.165) is 50.1 Å². The number of hydrogen-bond acceptors (Lipinski definition) is 4. The van der Waals surface area contributed by atoms with Gasteiger partial charge in [0.05, 0.1) is 0 Å². The Morgan fingerprint density at radius 1 is 1.07 bits per heavy atom. The Morgan fingerprint density at radius 3 is 2.47 bits per heavy atom. The number of benzene rings is 1. The highest BCUT2D eigenvalue weighted by molar-refractivity contribution is 5.97. The van der Waals surface area contributed by atoms with Crippen LogP contribution in [0.25, 0.3) is 0 Å². The maximum absolute atomic E-state index is 13.1. The average Bonchev–Trinajstić information content (AvgIpc) is 3.01. The third-order valence-electron chi connectivity index (χ3n) is 6.61. The molecule has 3 rings (SSSR count). The van der Waals surface area contributed by atoms with Gasteiger partial charge in [-0.1, -0.05) is 39.0 Å². The minimum Gasteiger partial charge on any atom is -0.492 e. The van der Waals surface area contributed by atoms with Crippen molar-refractivity contribution in [1.29, 1.82) is 0 Å². The van der Waals surface area contributed by atoms with Crippen LogP contribution < -0.4 is 10.1 Å². The summed E-state index contributed by atoms with van der Waals surface area (Å²) in [6.07, 6.45) is 11.0. The van der Waals surface area contributed by atoms with Gasteiger partial charge in [0.15, 0.2) is 0 Å². The lowest BCUT2D eigenvalue weighted by molar-refractivity contribution is -0.143. The van der Waals surface area contributed by atoms with Crippen molar-refractivity contribution in [1.82, 2.24) is 4.90 Å². The molecule has 1 aromatic rings. The number of nitrogens with one attached hydrogen (secondary N) is 1. The number of nitrogens with zero attached hydrogens (tertiary/aromatic N) is 1. The van der Waals surface area contributed by atoms with E-state index in [-0.39, 0.29) is 5.91 Å². The van der Waals surface area contributed by atoms with E-state index >= 15 is 0 Å². The van der Waals surface area contributed by atoms with Crippen molar-refractivity contribution in [3.05, 3.63) is 24.3 Å². The number of hydrogen-bond donors (Lipinski definition) is 1. The summed E-state index contributed by atoms with van der Waals surface area (Å²) in [5, 5.41) is 3.10. The summed E-state index contributed by atoms with van der Waals surface area (Å²) in [5.41, 5.74) is 0.132. The summed E-state index contributed by atoms with van der Waals surface area (Å²) in [4.78, 5) is 15.7. The molecule has 0 unspecified atom stereocenters. The molecule has 1 amide bonds. The van der Waals surface area contributed by atoms with Crippen LogP contribution in [0.4, 0.5) is 5.69 Å². The second kappa shape index (κ2) is 11.7. The Bertz CT molecular complexity index is 638. The second-order valence-corrected chi connectivity index (χ2v) is 8.96. The Hall–Kier alpha value is -1.59. The molecular weight excluding hydrogens is 376 g/mol. The predicted molar refractivity (Wildman–Crippen MR) is 122 cm³/mol. The number of ether oxygens (including phenoxy) is 2. The largest absolute Gasteiger partial charge is 0.492 e. The fourth-order valence-corrected chi connectivity index (χ4v) is 4.68. The van der Waals surface area contributed by atoms with Crippen LogP contribution in [-0.4, -0.2) is 48.8 Å². The lowest BCUT2D eigenvalue weighted by atomic mass is 9.92. The van der Waals surface area contributed by atoms with Gasteiger partial charge in [-0.3, -0.25) is 9.69 Å². The maximum Gasteiger partial charge on any atom is 0.256 e. The molecule has 1 atom stereocenters. The van der Waals surface area contributed by atoms with Gasteiger partial charge in [0.1, 0.15) is 18.0 Å². The number of amides is 1. The van der Waals surface area contributed by atoms with Crippen molar-refractivity contribution in [2.45, 2.75) is 89.7 Å². The molecule has 168 valence electrons. The molecule has 1 aliphatic carbocycles. The van der Waals surface area contributed by atoms with E-state index in [1.165, 1.54) is 38.6 Å². The van der Waals surface area contributed by atoms with Crippen molar-refractivity contribution in [2.24, 2.45) is 0 Å². The Morgan fingerprint density at radius 2 is 1.80 bits per heavy atom. The molecule has 1 aromatic carbocycles. The molecule has 0 bridgehead atoms. The average molecular weight is 417 g/mol. The number of likely N-dealkylation sites (tertiary alicyclic amines) is 1. The van der Waals surface area contributed by atoms with Crippen LogP contribution in [-0.2, 0) is 9.53 Å². The highest BCUT2D eigenvalue weighted by Gasteiger charge is 2.39. The number of carbonyl (C=O) groups excluding carboxylic acids is 1. The topological polar surface area (TPSA) is 50.8 Å². The summed E-state index contributed by atoms with van der Waals surface area (Å²) in [6.45, 7) is 7.88. The molecule has 2 fully saturated rings. The quantitative estimate of drug-likeness (QED) is 0.548.